The molecule has 5 rings (SSSR count). The number of pyridine rings is 1. The van der Waals surface area contributed by atoms with Crippen LogP contribution in [0, 0.1) is 0 Å². The van der Waals surface area contributed by atoms with Crippen LogP contribution in [0.3, 0.4) is 0 Å². The van der Waals surface area contributed by atoms with E-state index >= 15 is 0 Å². The van der Waals surface area contributed by atoms with Gasteiger partial charge >= 0.3 is 0 Å². The van der Waals surface area contributed by atoms with E-state index in [2.05, 4.69) is 62.0 Å². The van der Waals surface area contributed by atoms with Crippen LogP contribution in [-0.2, 0) is 18.8 Å². The first-order chi connectivity index (χ1) is 16.2. The Morgan fingerprint density at radius 2 is 1.82 bits per heavy atom. The second-order valence-electron chi connectivity index (χ2n) is 7.78. The number of benzene rings is 2. The molecule has 0 spiro atoms. The van der Waals surface area contributed by atoms with Gasteiger partial charge in [-0.05, 0) is 60.5 Å². The minimum absolute atomic E-state index is 0.670. The molecule has 3 aromatic heterocycles. The molecule has 5 nitrogen and oxygen atoms in total. The Bertz CT molecular complexity index is 1330. The molecule has 0 N–H and O–H groups in total. The van der Waals surface area contributed by atoms with Crippen LogP contribution in [0.5, 0.6) is 0 Å². The average molecular weight is 492 g/mol. The normalized spacial score (nSPS) is 11.5. The Kier molecular flexibility index (Phi) is 6.73. The lowest BCUT2D eigenvalue weighted by Crippen LogP contribution is -2.19. The van der Waals surface area contributed by atoms with Gasteiger partial charge in [0.05, 0.1) is 12.2 Å². The zero-order valence-corrected chi connectivity index (χ0v) is 20.4. The van der Waals surface area contributed by atoms with Crippen LogP contribution >= 0.6 is 34.7 Å². The van der Waals surface area contributed by atoms with Crippen molar-refractivity contribution in [2.24, 2.45) is 0 Å². The van der Waals surface area contributed by atoms with E-state index in [1.54, 1.807) is 11.8 Å². The summed E-state index contributed by atoms with van der Waals surface area (Å²) in [5.41, 5.74) is 2.16. The molecule has 0 amide bonds. The average Bonchev–Trinajstić information content (AvgIpc) is 3.41. The lowest BCUT2D eigenvalue weighted by atomic mass is 10.2. The van der Waals surface area contributed by atoms with Crippen molar-refractivity contribution in [2.75, 3.05) is 7.05 Å². The third-order valence-corrected chi connectivity index (χ3v) is 7.53. The third kappa shape index (κ3) is 5.28. The van der Waals surface area contributed by atoms with Crippen LogP contribution in [0.1, 0.15) is 16.3 Å². The number of fused-ring (bicyclic) bond motifs is 1. The van der Waals surface area contributed by atoms with Crippen molar-refractivity contribution in [3.63, 3.8) is 0 Å². The number of nitrogens with zero attached hydrogens (tertiary/aromatic N) is 5. The van der Waals surface area contributed by atoms with Gasteiger partial charge in [-0.25, -0.2) is 0 Å². The minimum Gasteiger partial charge on any atom is -0.294 e. The molecule has 0 saturated heterocycles. The topological polar surface area (TPSA) is 46.8 Å². The number of halogens is 1. The largest absolute Gasteiger partial charge is 0.294 e. The molecule has 0 fully saturated rings. The number of hydrogen-bond acceptors (Lipinski definition) is 6. The highest BCUT2D eigenvalue weighted by atomic mass is 35.5. The van der Waals surface area contributed by atoms with Crippen molar-refractivity contribution in [1.82, 2.24) is 24.6 Å². The second kappa shape index (κ2) is 10.1. The predicted molar refractivity (Wildman–Crippen MR) is 137 cm³/mol. The van der Waals surface area contributed by atoms with Gasteiger partial charge < -0.3 is 0 Å². The molecule has 8 heteroatoms. The fourth-order valence-corrected chi connectivity index (χ4v) is 5.93. The number of aromatic nitrogens is 4. The molecule has 0 radical (unpaired) electrons. The van der Waals surface area contributed by atoms with Crippen LogP contribution in [-0.4, -0.2) is 31.7 Å². The molecule has 0 bridgehead atoms. The predicted octanol–water partition coefficient (Wildman–Crippen LogP) is 6.45. The van der Waals surface area contributed by atoms with Crippen molar-refractivity contribution in [3.05, 3.63) is 100 Å². The third-order valence-electron chi connectivity index (χ3n) is 5.20. The van der Waals surface area contributed by atoms with Crippen molar-refractivity contribution in [2.45, 2.75) is 24.0 Å². The van der Waals surface area contributed by atoms with Gasteiger partial charge in [0.2, 0.25) is 0 Å². The summed E-state index contributed by atoms with van der Waals surface area (Å²) in [6, 6.07) is 22.7. The number of hydrogen-bond donors (Lipinski definition) is 0. The molecule has 5 aromatic rings. The number of rotatable bonds is 8. The van der Waals surface area contributed by atoms with Crippen LogP contribution < -0.4 is 0 Å². The van der Waals surface area contributed by atoms with Crippen LogP contribution in [0.4, 0.5) is 0 Å². The van der Waals surface area contributed by atoms with E-state index in [4.69, 9.17) is 11.6 Å². The van der Waals surface area contributed by atoms with Gasteiger partial charge in [0.1, 0.15) is 0 Å². The quantitative estimate of drug-likeness (QED) is 0.233. The molecule has 2 aromatic carbocycles. The van der Waals surface area contributed by atoms with Gasteiger partial charge in [0, 0.05) is 39.3 Å². The lowest BCUT2D eigenvalue weighted by molar-refractivity contribution is 0.311. The van der Waals surface area contributed by atoms with E-state index in [1.807, 2.05) is 60.1 Å². The first-order valence-corrected chi connectivity index (χ1v) is 12.7. The molecular formula is C25H22ClN5S2. The Morgan fingerprint density at radius 3 is 2.64 bits per heavy atom. The Labute approximate surface area is 206 Å². The van der Waals surface area contributed by atoms with E-state index in [0.29, 0.717) is 11.6 Å². The molecule has 0 aliphatic carbocycles. The smallest absolute Gasteiger partial charge is 0.196 e. The van der Waals surface area contributed by atoms with E-state index in [1.165, 1.54) is 20.5 Å². The molecule has 0 saturated carbocycles. The summed E-state index contributed by atoms with van der Waals surface area (Å²) in [6.45, 7) is 1.52. The SMILES string of the molecule is CN(Cc1cc2ccccc2s1)Cc1nnc(SCc2ccncc2)n1-c1cccc(Cl)c1. The van der Waals surface area contributed by atoms with Crippen LogP contribution in [0.15, 0.2) is 84.3 Å². The van der Waals surface area contributed by atoms with Crippen molar-refractivity contribution >= 4 is 44.8 Å². The number of thioether (sulfide) groups is 1. The molecule has 166 valence electrons. The van der Waals surface area contributed by atoms with Gasteiger partial charge in [0.15, 0.2) is 11.0 Å². The van der Waals surface area contributed by atoms with E-state index in [0.717, 1.165) is 29.0 Å². The van der Waals surface area contributed by atoms with Crippen molar-refractivity contribution in [1.29, 1.82) is 0 Å². The molecule has 0 unspecified atom stereocenters. The molecule has 0 atom stereocenters. The van der Waals surface area contributed by atoms with Crippen molar-refractivity contribution < 1.29 is 0 Å². The first kappa shape index (κ1) is 22.1. The Morgan fingerprint density at radius 1 is 0.970 bits per heavy atom. The molecule has 3 heterocycles. The van der Waals surface area contributed by atoms with Crippen molar-refractivity contribution in [3.8, 4) is 5.69 Å². The lowest BCUT2D eigenvalue weighted by Gasteiger charge is -2.17. The summed E-state index contributed by atoms with van der Waals surface area (Å²) < 4.78 is 3.43. The zero-order valence-electron chi connectivity index (χ0n) is 18.1. The molecule has 0 aliphatic heterocycles. The van der Waals surface area contributed by atoms with Gasteiger partial charge in [-0.1, -0.05) is 47.6 Å². The maximum Gasteiger partial charge on any atom is 0.196 e. The monoisotopic (exact) mass is 491 g/mol. The molecule has 33 heavy (non-hydrogen) atoms. The molecular weight excluding hydrogens is 470 g/mol. The highest BCUT2D eigenvalue weighted by molar-refractivity contribution is 7.98. The van der Waals surface area contributed by atoms with Gasteiger partial charge in [-0.15, -0.1) is 21.5 Å². The maximum absolute atomic E-state index is 6.31. The van der Waals surface area contributed by atoms with E-state index in [9.17, 15) is 0 Å². The van der Waals surface area contributed by atoms with E-state index in [-0.39, 0.29) is 0 Å². The standard InChI is InChI=1S/C25H22ClN5S2/c1-30(15-22-13-19-5-2-3-8-23(19)33-22)16-24-28-29-25(32-17-18-9-11-27-12-10-18)31(24)21-7-4-6-20(26)14-21/h2-14H,15-17H2,1H3. The minimum atomic E-state index is 0.670. The van der Waals surface area contributed by atoms with Gasteiger partial charge in [-0.2, -0.15) is 0 Å². The Hall–Kier alpha value is -2.71. The van der Waals surface area contributed by atoms with Crippen LogP contribution in [0.2, 0.25) is 5.02 Å². The first-order valence-electron chi connectivity index (χ1n) is 10.5. The second-order valence-corrected chi connectivity index (χ2v) is 10.3. The Balaban J connectivity index is 1.39. The summed E-state index contributed by atoms with van der Waals surface area (Å²) in [7, 11) is 2.12. The summed E-state index contributed by atoms with van der Waals surface area (Å²) >= 11 is 9.81. The number of thiophene rings is 1. The fourth-order valence-electron chi connectivity index (χ4n) is 3.68. The fraction of sp³-hybridized carbons (Fsp3) is 0.160. The summed E-state index contributed by atoms with van der Waals surface area (Å²) in [5.74, 6) is 1.68. The van der Waals surface area contributed by atoms with Gasteiger partial charge in [0.25, 0.3) is 0 Å². The summed E-state index contributed by atoms with van der Waals surface area (Å²) in [6.07, 6.45) is 3.62. The highest BCUT2D eigenvalue weighted by Gasteiger charge is 2.17. The highest BCUT2D eigenvalue weighted by Crippen LogP contribution is 2.29. The zero-order chi connectivity index (χ0) is 22.6. The van der Waals surface area contributed by atoms with Crippen LogP contribution in [0.25, 0.3) is 15.8 Å². The van der Waals surface area contributed by atoms with Gasteiger partial charge in [-0.3, -0.25) is 14.5 Å². The maximum atomic E-state index is 6.31. The van der Waals surface area contributed by atoms with E-state index < -0.39 is 0 Å². The summed E-state index contributed by atoms with van der Waals surface area (Å²) in [4.78, 5) is 7.70. The molecule has 0 aliphatic rings. The summed E-state index contributed by atoms with van der Waals surface area (Å²) in [5, 5.41) is 11.9.